The highest BCUT2D eigenvalue weighted by atomic mass is 79.9. The summed E-state index contributed by atoms with van der Waals surface area (Å²) in [6.45, 7) is 2.39. The van der Waals surface area contributed by atoms with Crippen molar-refractivity contribution in [1.82, 2.24) is 0 Å². The Balaban J connectivity index is 1.87. The minimum Gasteiger partial charge on any atom is -0.381 e. The van der Waals surface area contributed by atoms with Gasteiger partial charge in [-0.2, -0.15) is 0 Å². The van der Waals surface area contributed by atoms with Gasteiger partial charge in [0.2, 0.25) is 0 Å². The van der Waals surface area contributed by atoms with E-state index >= 15 is 0 Å². The van der Waals surface area contributed by atoms with E-state index in [4.69, 9.17) is 22.1 Å². The molecule has 2 N–H and O–H groups in total. The lowest BCUT2D eigenvalue weighted by molar-refractivity contribution is 0.0473. The molecule has 2 atom stereocenters. The van der Waals surface area contributed by atoms with Gasteiger partial charge in [-0.05, 0) is 47.0 Å². The summed E-state index contributed by atoms with van der Waals surface area (Å²) in [5, 5.41) is 0.695. The fraction of sp³-hybridized carbons (Fsp3) is 0.500. The smallest absolute Gasteiger partial charge is 0.196 e. The van der Waals surface area contributed by atoms with Crippen molar-refractivity contribution in [2.45, 2.75) is 18.9 Å². The molecule has 2 unspecified atom stereocenters. The Morgan fingerprint density at radius 1 is 1.45 bits per heavy atom. The first-order valence-corrected chi connectivity index (χ1v) is 7.96. The average Bonchev–Trinajstić information content (AvgIpc) is 2.85. The largest absolute Gasteiger partial charge is 0.381 e. The monoisotopic (exact) mass is 357 g/mol. The highest BCUT2D eigenvalue weighted by Gasteiger charge is 2.35. The van der Waals surface area contributed by atoms with Crippen LogP contribution >= 0.6 is 27.5 Å². The van der Waals surface area contributed by atoms with Gasteiger partial charge in [-0.25, -0.2) is 0 Å². The van der Waals surface area contributed by atoms with Gasteiger partial charge in [0, 0.05) is 22.7 Å². The number of halogens is 2. The van der Waals surface area contributed by atoms with Crippen molar-refractivity contribution in [1.29, 1.82) is 0 Å². The SMILES string of the molecule is NC1=NCC(C2CCCOC2)N1c1ccc(Cl)c(Br)c1. The minimum atomic E-state index is 0.281. The van der Waals surface area contributed by atoms with E-state index in [0.29, 0.717) is 16.9 Å². The topological polar surface area (TPSA) is 50.9 Å². The number of anilines is 1. The van der Waals surface area contributed by atoms with Crippen molar-refractivity contribution in [2.24, 2.45) is 16.6 Å². The molecule has 0 radical (unpaired) electrons. The molecule has 4 nitrogen and oxygen atoms in total. The number of nitrogens with two attached hydrogens (primary N) is 1. The normalized spacial score (nSPS) is 26.7. The van der Waals surface area contributed by atoms with Crippen LogP contribution in [0.15, 0.2) is 27.7 Å². The molecule has 0 aliphatic carbocycles. The Bertz CT molecular complexity index is 531. The summed E-state index contributed by atoms with van der Waals surface area (Å²) in [4.78, 5) is 6.53. The molecule has 108 valence electrons. The summed E-state index contributed by atoms with van der Waals surface area (Å²) in [5.74, 6) is 1.05. The number of ether oxygens (including phenoxy) is 1. The highest BCUT2D eigenvalue weighted by Crippen LogP contribution is 2.33. The number of benzene rings is 1. The third-order valence-corrected chi connectivity index (χ3v) is 5.15. The third kappa shape index (κ3) is 2.67. The third-order valence-electron chi connectivity index (χ3n) is 3.94. The molecule has 2 aliphatic heterocycles. The van der Waals surface area contributed by atoms with Gasteiger partial charge in [-0.1, -0.05) is 11.6 Å². The van der Waals surface area contributed by atoms with Crippen LogP contribution in [0.3, 0.4) is 0 Å². The quantitative estimate of drug-likeness (QED) is 0.884. The van der Waals surface area contributed by atoms with Gasteiger partial charge < -0.3 is 15.4 Å². The maximum absolute atomic E-state index is 6.08. The van der Waals surface area contributed by atoms with Crippen LogP contribution in [-0.2, 0) is 4.74 Å². The van der Waals surface area contributed by atoms with E-state index in [-0.39, 0.29) is 6.04 Å². The number of hydrogen-bond donors (Lipinski definition) is 1. The molecule has 20 heavy (non-hydrogen) atoms. The lowest BCUT2D eigenvalue weighted by Gasteiger charge is -2.34. The molecule has 0 saturated carbocycles. The van der Waals surface area contributed by atoms with E-state index in [9.17, 15) is 0 Å². The predicted molar refractivity (Wildman–Crippen MR) is 85.5 cm³/mol. The van der Waals surface area contributed by atoms with Gasteiger partial charge in [0.05, 0.1) is 24.2 Å². The van der Waals surface area contributed by atoms with Crippen molar-refractivity contribution in [3.8, 4) is 0 Å². The fourth-order valence-corrected chi connectivity index (χ4v) is 3.39. The summed E-state index contributed by atoms with van der Waals surface area (Å²) in [6, 6.07) is 6.13. The fourth-order valence-electron chi connectivity index (χ4n) is 2.90. The Morgan fingerprint density at radius 2 is 2.30 bits per heavy atom. The molecule has 0 aromatic heterocycles. The summed E-state index contributed by atoms with van der Waals surface area (Å²) >= 11 is 9.53. The number of rotatable bonds is 2. The van der Waals surface area contributed by atoms with Crippen LogP contribution in [0.4, 0.5) is 5.69 Å². The van der Waals surface area contributed by atoms with E-state index in [1.165, 1.54) is 6.42 Å². The van der Waals surface area contributed by atoms with Crippen molar-refractivity contribution >= 4 is 39.2 Å². The second-order valence-electron chi connectivity index (χ2n) is 5.21. The molecular formula is C14H17BrClN3O. The van der Waals surface area contributed by atoms with Gasteiger partial charge >= 0.3 is 0 Å². The molecule has 1 aromatic rings. The van der Waals surface area contributed by atoms with Crippen LogP contribution in [0.5, 0.6) is 0 Å². The van der Waals surface area contributed by atoms with E-state index in [1.54, 1.807) is 0 Å². The molecule has 0 amide bonds. The van der Waals surface area contributed by atoms with Gasteiger partial charge in [-0.15, -0.1) is 0 Å². The highest BCUT2D eigenvalue weighted by molar-refractivity contribution is 9.10. The maximum atomic E-state index is 6.08. The van der Waals surface area contributed by atoms with Gasteiger partial charge in [0.1, 0.15) is 0 Å². The Kier molecular flexibility index (Phi) is 4.19. The van der Waals surface area contributed by atoms with Crippen molar-refractivity contribution in [3.05, 3.63) is 27.7 Å². The molecule has 0 spiro atoms. The van der Waals surface area contributed by atoms with E-state index in [1.807, 2.05) is 18.2 Å². The molecule has 0 bridgehead atoms. The first kappa shape index (κ1) is 14.2. The number of aliphatic imine (C=N–C) groups is 1. The van der Waals surface area contributed by atoms with Crippen LogP contribution in [0, 0.1) is 5.92 Å². The first-order valence-electron chi connectivity index (χ1n) is 6.79. The molecule has 2 aliphatic rings. The van der Waals surface area contributed by atoms with E-state index in [2.05, 4.69) is 25.8 Å². The van der Waals surface area contributed by atoms with Crippen LogP contribution < -0.4 is 10.6 Å². The second-order valence-corrected chi connectivity index (χ2v) is 6.47. The zero-order valence-corrected chi connectivity index (χ0v) is 13.4. The molecule has 2 heterocycles. The lowest BCUT2D eigenvalue weighted by atomic mass is 9.93. The van der Waals surface area contributed by atoms with Crippen LogP contribution in [-0.4, -0.2) is 31.8 Å². The number of nitrogens with zero attached hydrogens (tertiary/aromatic N) is 2. The number of hydrogen-bond acceptors (Lipinski definition) is 4. The zero-order valence-electron chi connectivity index (χ0n) is 11.1. The minimum absolute atomic E-state index is 0.281. The molecule has 1 aromatic carbocycles. The number of guanidine groups is 1. The molecular weight excluding hydrogens is 342 g/mol. The lowest BCUT2D eigenvalue weighted by Crippen LogP contribution is -2.47. The summed E-state index contributed by atoms with van der Waals surface area (Å²) in [7, 11) is 0. The van der Waals surface area contributed by atoms with Crippen LogP contribution in [0.2, 0.25) is 5.02 Å². The van der Waals surface area contributed by atoms with E-state index in [0.717, 1.165) is 36.3 Å². The summed E-state index contributed by atoms with van der Waals surface area (Å²) in [6.07, 6.45) is 2.28. The maximum Gasteiger partial charge on any atom is 0.196 e. The molecule has 3 rings (SSSR count). The van der Waals surface area contributed by atoms with Crippen molar-refractivity contribution < 1.29 is 4.74 Å². The first-order chi connectivity index (χ1) is 9.66. The molecule has 6 heteroatoms. The standard InChI is InChI=1S/C14H17BrClN3O/c15-11-6-10(3-4-12(11)16)19-13(7-18-14(19)17)9-2-1-5-20-8-9/h3-4,6,9,13H,1-2,5,7-8H2,(H2,17,18). The second kappa shape index (κ2) is 5.92. The Labute approximate surface area is 132 Å². The van der Waals surface area contributed by atoms with Crippen LogP contribution in [0.1, 0.15) is 12.8 Å². The zero-order chi connectivity index (χ0) is 14.1. The van der Waals surface area contributed by atoms with Gasteiger partial charge in [0.15, 0.2) is 5.96 Å². The Hall–Kier alpha value is -0.780. The van der Waals surface area contributed by atoms with Crippen molar-refractivity contribution in [3.63, 3.8) is 0 Å². The van der Waals surface area contributed by atoms with E-state index < -0.39 is 0 Å². The predicted octanol–water partition coefficient (Wildman–Crippen LogP) is 3.03. The van der Waals surface area contributed by atoms with Gasteiger partial charge in [0.25, 0.3) is 0 Å². The summed E-state index contributed by atoms with van der Waals surface area (Å²) < 4.78 is 6.48. The molecule has 1 saturated heterocycles. The van der Waals surface area contributed by atoms with Crippen molar-refractivity contribution in [2.75, 3.05) is 24.7 Å². The summed E-state index contributed by atoms with van der Waals surface area (Å²) in [5.41, 5.74) is 7.11. The van der Waals surface area contributed by atoms with Gasteiger partial charge in [-0.3, -0.25) is 4.99 Å². The van der Waals surface area contributed by atoms with Crippen LogP contribution in [0.25, 0.3) is 0 Å². The molecule has 1 fully saturated rings. The Morgan fingerprint density at radius 3 is 3.00 bits per heavy atom. The average molecular weight is 359 g/mol.